The normalized spacial score (nSPS) is 13.6. The smallest absolute Gasteiger partial charge is 0.164 e. The van der Waals surface area contributed by atoms with Gasteiger partial charge in [-0.05, 0) is 101 Å². The third-order valence-electron chi connectivity index (χ3n) is 14.3. The summed E-state index contributed by atoms with van der Waals surface area (Å²) in [7, 11) is -1.50. The average molecular weight is 884 g/mol. The summed E-state index contributed by atoms with van der Waals surface area (Å²) in [5, 5.41) is 1.41. The van der Waals surface area contributed by atoms with Gasteiger partial charge < -0.3 is 0 Å². The van der Waals surface area contributed by atoms with Crippen molar-refractivity contribution < 1.29 is 0 Å². The van der Waals surface area contributed by atoms with Gasteiger partial charge in [0.25, 0.3) is 0 Å². The van der Waals surface area contributed by atoms with Gasteiger partial charge >= 0.3 is 0 Å². The van der Waals surface area contributed by atoms with Crippen LogP contribution >= 0.6 is 0 Å². The number of hydrogen-bond acceptors (Lipinski definition) is 3. The summed E-state index contributed by atoms with van der Waals surface area (Å²) in [4.78, 5) is 15.6. The Hall–Kier alpha value is -7.01. The van der Waals surface area contributed by atoms with Crippen LogP contribution in [-0.2, 0) is 16.2 Å². The van der Waals surface area contributed by atoms with Crippen molar-refractivity contribution in [3.63, 3.8) is 0 Å². The first-order valence-electron chi connectivity index (χ1n) is 23.8. The first-order valence-corrected chi connectivity index (χ1v) is 27.3. The van der Waals surface area contributed by atoms with Gasteiger partial charge in [0.2, 0.25) is 0 Å². The molecule has 0 bridgehead atoms. The zero-order chi connectivity index (χ0) is 46.5. The highest BCUT2D eigenvalue weighted by Crippen LogP contribution is 2.64. The van der Waals surface area contributed by atoms with E-state index in [9.17, 15) is 0 Å². The summed E-state index contributed by atoms with van der Waals surface area (Å²) < 4.78 is 0. The Labute approximate surface area is 397 Å². The Morgan fingerprint density at radius 3 is 1.30 bits per heavy atom. The molecule has 0 fully saturated rings. The highest BCUT2D eigenvalue weighted by atomic mass is 28.3. The van der Waals surface area contributed by atoms with Crippen molar-refractivity contribution in [3.05, 3.63) is 215 Å². The molecule has 1 heterocycles. The van der Waals surface area contributed by atoms with Crippen LogP contribution in [0, 0.1) is 0 Å². The highest BCUT2D eigenvalue weighted by molar-refractivity contribution is 6.88. The second-order valence-corrected chi connectivity index (χ2v) is 26.8. The van der Waals surface area contributed by atoms with Crippen LogP contribution in [0.1, 0.15) is 74.9 Å². The topological polar surface area (TPSA) is 38.7 Å². The van der Waals surface area contributed by atoms with Crippen LogP contribution in [-0.4, -0.2) is 23.0 Å². The van der Waals surface area contributed by atoms with Crippen molar-refractivity contribution in [1.82, 2.24) is 15.0 Å². The molecule has 0 N–H and O–H groups in total. The molecule has 9 aromatic rings. The van der Waals surface area contributed by atoms with Crippen LogP contribution in [0.4, 0.5) is 0 Å². The summed E-state index contributed by atoms with van der Waals surface area (Å²) in [6.07, 6.45) is 0. The van der Waals surface area contributed by atoms with Crippen LogP contribution in [0.15, 0.2) is 182 Å². The van der Waals surface area contributed by atoms with Crippen LogP contribution < -0.4 is 5.19 Å². The number of benzene rings is 8. The van der Waals surface area contributed by atoms with Gasteiger partial charge in [-0.1, -0.05) is 236 Å². The largest absolute Gasteiger partial charge is 0.208 e. The molecule has 8 aromatic carbocycles. The fourth-order valence-corrected chi connectivity index (χ4v) is 11.6. The van der Waals surface area contributed by atoms with E-state index in [0.29, 0.717) is 17.5 Å². The van der Waals surface area contributed by atoms with E-state index in [2.05, 4.69) is 243 Å². The van der Waals surface area contributed by atoms with E-state index in [4.69, 9.17) is 15.0 Å². The Kier molecular flexibility index (Phi) is 9.88. The molecule has 0 amide bonds. The molecular formula is C63H57N3Si. The van der Waals surface area contributed by atoms with Gasteiger partial charge in [0.05, 0.1) is 13.5 Å². The average Bonchev–Trinajstić information content (AvgIpc) is 3.80. The van der Waals surface area contributed by atoms with Crippen molar-refractivity contribution in [1.29, 1.82) is 0 Å². The molecule has 4 heteroatoms. The predicted octanol–water partition coefficient (Wildman–Crippen LogP) is 15.7. The zero-order valence-corrected chi connectivity index (χ0v) is 41.2. The van der Waals surface area contributed by atoms with Crippen molar-refractivity contribution in [2.24, 2.45) is 0 Å². The predicted molar refractivity (Wildman–Crippen MR) is 284 cm³/mol. The van der Waals surface area contributed by atoms with E-state index in [1.54, 1.807) is 0 Å². The summed E-state index contributed by atoms with van der Waals surface area (Å²) in [5.74, 6) is 1.97. The fraction of sp³-hybridized carbons (Fsp3) is 0.190. The van der Waals surface area contributed by atoms with Crippen molar-refractivity contribution >= 4 is 13.3 Å². The van der Waals surface area contributed by atoms with E-state index < -0.39 is 13.5 Å². The molecule has 2 aliphatic rings. The second-order valence-electron chi connectivity index (χ2n) is 21.7. The molecule has 3 nitrogen and oxygen atoms in total. The third kappa shape index (κ3) is 7.21. The van der Waals surface area contributed by atoms with Gasteiger partial charge in [0, 0.05) is 16.7 Å². The number of rotatable bonds is 6. The standard InChI is InChI=1S/C63H57N3Si/c1-61(2,3)47-29-34-52-53-35-30-48(62(4,5)6)39-57(53)63(56(52)38-47)54-21-14-13-20-50(54)51-33-28-45(37-55(51)63)44-18-15-19-46(36-44)60-65-58(42-24-22-41(23-25-42)40-16-11-10-12-17-40)64-59(66-60)43-26-31-49(32-27-43)67(7,8)9/h10-39H,1-9H3. The summed E-state index contributed by atoms with van der Waals surface area (Å²) >= 11 is 0. The SMILES string of the molecule is CC(C)(C)c1ccc2c(c1)C1(c3ccccc3-c3ccc(-c4cccc(-c5nc(-c6ccc(-c7ccccc7)cc6)nc(-c6ccc([Si](C)(C)C)cc6)n5)c4)cc31)c1cc(C(C)(C)C)ccc1-2. The van der Waals surface area contributed by atoms with Crippen LogP contribution in [0.2, 0.25) is 19.6 Å². The third-order valence-corrected chi connectivity index (χ3v) is 16.3. The van der Waals surface area contributed by atoms with Gasteiger partial charge in [-0.3, -0.25) is 0 Å². The Morgan fingerprint density at radius 1 is 0.328 bits per heavy atom. The molecule has 0 unspecified atom stereocenters. The van der Waals surface area contributed by atoms with Gasteiger partial charge in [-0.15, -0.1) is 0 Å². The van der Waals surface area contributed by atoms with Crippen molar-refractivity contribution in [2.45, 2.75) is 77.4 Å². The highest BCUT2D eigenvalue weighted by Gasteiger charge is 2.52. The van der Waals surface area contributed by atoms with Gasteiger partial charge in [0.1, 0.15) is 0 Å². The molecule has 67 heavy (non-hydrogen) atoms. The molecule has 1 aromatic heterocycles. The van der Waals surface area contributed by atoms with Crippen LogP contribution in [0.3, 0.4) is 0 Å². The van der Waals surface area contributed by atoms with Gasteiger partial charge in [0.15, 0.2) is 17.5 Å². The molecule has 0 aliphatic heterocycles. The Morgan fingerprint density at radius 2 is 0.731 bits per heavy atom. The lowest BCUT2D eigenvalue weighted by Crippen LogP contribution is -2.37. The molecule has 328 valence electrons. The number of aromatic nitrogens is 3. The summed E-state index contributed by atoms with van der Waals surface area (Å²) in [5.41, 5.74) is 20.4. The fourth-order valence-electron chi connectivity index (χ4n) is 10.5. The molecule has 11 rings (SSSR count). The lowest BCUT2D eigenvalue weighted by molar-refractivity contribution is 0.586. The summed E-state index contributed by atoms with van der Waals surface area (Å²) in [6, 6.07) is 67.5. The van der Waals surface area contributed by atoms with E-state index in [1.807, 2.05) is 0 Å². The van der Waals surface area contributed by atoms with Gasteiger partial charge in [-0.25, -0.2) is 15.0 Å². The van der Waals surface area contributed by atoms with Crippen molar-refractivity contribution in [3.8, 4) is 78.7 Å². The van der Waals surface area contributed by atoms with E-state index >= 15 is 0 Å². The second kappa shape index (κ2) is 15.5. The molecule has 1 spiro atoms. The first-order chi connectivity index (χ1) is 32.1. The zero-order valence-electron chi connectivity index (χ0n) is 40.2. The van der Waals surface area contributed by atoms with E-state index in [-0.39, 0.29) is 10.8 Å². The number of nitrogens with zero attached hydrogens (tertiary/aromatic N) is 3. The molecule has 0 radical (unpaired) electrons. The van der Waals surface area contributed by atoms with E-state index in [1.165, 1.54) is 66.4 Å². The van der Waals surface area contributed by atoms with Gasteiger partial charge in [-0.2, -0.15) is 0 Å². The monoisotopic (exact) mass is 883 g/mol. The molecule has 0 saturated carbocycles. The minimum Gasteiger partial charge on any atom is -0.208 e. The summed E-state index contributed by atoms with van der Waals surface area (Å²) in [6.45, 7) is 21.1. The van der Waals surface area contributed by atoms with Crippen LogP contribution in [0.25, 0.3) is 78.7 Å². The van der Waals surface area contributed by atoms with Crippen molar-refractivity contribution in [2.75, 3.05) is 0 Å². The lowest BCUT2D eigenvalue weighted by atomic mass is 9.68. The molecule has 0 saturated heterocycles. The minimum absolute atomic E-state index is 0.0113. The quantitative estimate of drug-likeness (QED) is 0.156. The maximum atomic E-state index is 5.23. The van der Waals surface area contributed by atoms with E-state index in [0.717, 1.165) is 33.4 Å². The minimum atomic E-state index is -1.50. The Balaban J connectivity index is 1.07. The lowest BCUT2D eigenvalue weighted by Gasteiger charge is -2.33. The molecule has 2 aliphatic carbocycles. The van der Waals surface area contributed by atoms with Crippen LogP contribution in [0.5, 0.6) is 0 Å². The molecular weight excluding hydrogens is 827 g/mol. The first kappa shape index (κ1) is 42.6. The Bertz CT molecular complexity index is 3320. The number of fused-ring (bicyclic) bond motifs is 10. The maximum Gasteiger partial charge on any atom is 0.164 e. The number of hydrogen-bond donors (Lipinski definition) is 0. The maximum absolute atomic E-state index is 5.23. The molecule has 0 atom stereocenters.